The second-order valence-corrected chi connectivity index (χ2v) is 12.2. The Morgan fingerprint density at radius 1 is 0.885 bits per heavy atom. The van der Waals surface area contributed by atoms with Crippen LogP contribution in [-0.4, -0.2) is 76.8 Å². The fraction of sp³-hybridized carbons (Fsp3) is 0.270. The van der Waals surface area contributed by atoms with Crippen molar-refractivity contribution in [2.24, 2.45) is 7.05 Å². The van der Waals surface area contributed by atoms with Crippen LogP contribution in [0.4, 0.5) is 27.6 Å². The van der Waals surface area contributed by atoms with E-state index in [-0.39, 0.29) is 34.5 Å². The van der Waals surface area contributed by atoms with Crippen LogP contribution in [-0.2, 0) is 13.6 Å². The van der Waals surface area contributed by atoms with Crippen LogP contribution >= 0.6 is 17.0 Å². The lowest BCUT2D eigenvalue weighted by Gasteiger charge is -2.34. The van der Waals surface area contributed by atoms with Crippen molar-refractivity contribution >= 4 is 45.4 Å². The fourth-order valence-electron chi connectivity index (χ4n) is 5.76. The van der Waals surface area contributed by atoms with Crippen molar-refractivity contribution in [1.29, 1.82) is 0 Å². The number of nitrogens with zero attached hydrogens (tertiary/aromatic N) is 4. The summed E-state index contributed by atoms with van der Waals surface area (Å²) in [6.07, 6.45) is 0.158. The Balaban J connectivity index is 0.00000523. The number of carbonyl (C=O) groups is 2. The molecule has 9 nitrogen and oxygen atoms in total. The van der Waals surface area contributed by atoms with Crippen LogP contribution in [0.5, 0.6) is 17.4 Å². The number of aromatic nitrogens is 2. The number of hydrogen-bond donors (Lipinski definition) is 1. The van der Waals surface area contributed by atoms with Crippen molar-refractivity contribution in [3.8, 4) is 17.4 Å². The summed E-state index contributed by atoms with van der Waals surface area (Å²) in [5.74, 6) is -4.01. The highest BCUT2D eigenvalue weighted by atomic mass is 79.9. The molecule has 52 heavy (non-hydrogen) atoms. The smallest absolute Gasteiger partial charge is 0.270 e. The van der Waals surface area contributed by atoms with Gasteiger partial charge in [0.15, 0.2) is 17.7 Å². The van der Waals surface area contributed by atoms with E-state index in [4.69, 9.17) is 9.47 Å². The van der Waals surface area contributed by atoms with Gasteiger partial charge < -0.3 is 24.3 Å². The van der Waals surface area contributed by atoms with Gasteiger partial charge in [-0.3, -0.25) is 14.5 Å². The third-order valence-electron chi connectivity index (χ3n) is 8.72. The Hall–Kier alpha value is -5.02. The summed E-state index contributed by atoms with van der Waals surface area (Å²) in [4.78, 5) is 34.2. The molecular weight excluding hydrogens is 753 g/mol. The van der Waals surface area contributed by atoms with Crippen LogP contribution in [0.3, 0.4) is 0 Å². The molecule has 2 amide bonds. The molecule has 1 aliphatic rings. The van der Waals surface area contributed by atoms with Gasteiger partial charge in [0.2, 0.25) is 5.88 Å². The number of alkyl halides is 2. The molecule has 0 spiro atoms. The summed E-state index contributed by atoms with van der Waals surface area (Å²) in [7, 11) is 1.80. The van der Waals surface area contributed by atoms with E-state index in [0.717, 1.165) is 23.4 Å². The molecule has 0 aliphatic carbocycles. The van der Waals surface area contributed by atoms with Gasteiger partial charge in [0, 0.05) is 62.9 Å². The van der Waals surface area contributed by atoms with Crippen LogP contribution < -0.4 is 14.8 Å². The summed E-state index contributed by atoms with van der Waals surface area (Å²) in [5.41, 5.74) is 1.16. The van der Waals surface area contributed by atoms with Gasteiger partial charge in [-0.05, 0) is 55.0 Å². The zero-order chi connectivity index (χ0) is 36.2. The summed E-state index contributed by atoms with van der Waals surface area (Å²) < 4.78 is 80.6. The largest absolute Gasteiger partial charge is 0.485 e. The Bertz CT molecular complexity index is 2050. The molecule has 15 heteroatoms. The molecule has 3 aromatic carbocycles. The number of ether oxygens (including phenoxy) is 2. The number of anilines is 1. The second kappa shape index (κ2) is 16.5. The van der Waals surface area contributed by atoms with Crippen molar-refractivity contribution in [2.45, 2.75) is 19.6 Å². The molecule has 0 unspecified atom stereocenters. The van der Waals surface area contributed by atoms with Gasteiger partial charge >= 0.3 is 0 Å². The Labute approximate surface area is 306 Å². The number of rotatable bonds is 11. The van der Waals surface area contributed by atoms with E-state index in [0.29, 0.717) is 56.0 Å². The molecule has 3 heterocycles. The molecule has 5 aromatic rings. The minimum absolute atomic E-state index is 0. The van der Waals surface area contributed by atoms with Gasteiger partial charge in [0.1, 0.15) is 36.4 Å². The molecule has 1 N–H and O–H groups in total. The number of halogens is 6. The molecule has 0 bridgehead atoms. The predicted molar refractivity (Wildman–Crippen MR) is 191 cm³/mol. The third kappa shape index (κ3) is 8.37. The first-order valence-corrected chi connectivity index (χ1v) is 16.1. The average molecular weight is 789 g/mol. The Morgan fingerprint density at radius 2 is 1.58 bits per heavy atom. The number of nitrogens with one attached hydrogen (secondary N) is 1. The number of hydrogen-bond acceptors (Lipinski definition) is 6. The lowest BCUT2D eigenvalue weighted by molar-refractivity contribution is 0.0619. The molecule has 274 valence electrons. The standard InChI is InChI=1S/C37H34F5N5O4.BrH/c1-22-30(40)17-29(35(42)34(22)41)36(48)44-25-6-10-33(43-20-25)51-27-9-5-24-15-32(45(2)31(24)16-27)37(49)47-13-11-46(12-14-47)21-23-3-7-26(8-4-23)50-28(18-38)19-39;/h3-10,15-17,20,28H,11-14,18-19,21H2,1-2H3,(H,44,48);1H. The zero-order valence-corrected chi connectivity index (χ0v) is 29.9. The minimum Gasteiger partial charge on any atom is -0.485 e. The van der Waals surface area contributed by atoms with E-state index in [2.05, 4.69) is 15.2 Å². The molecule has 6 rings (SSSR count). The maximum Gasteiger partial charge on any atom is 0.270 e. The average Bonchev–Trinajstić information content (AvgIpc) is 3.47. The number of piperazine rings is 1. The van der Waals surface area contributed by atoms with Gasteiger partial charge in [-0.1, -0.05) is 12.1 Å². The van der Waals surface area contributed by atoms with E-state index in [1.165, 1.54) is 18.3 Å². The van der Waals surface area contributed by atoms with Crippen molar-refractivity contribution < 1.29 is 41.0 Å². The highest BCUT2D eigenvalue weighted by Crippen LogP contribution is 2.28. The summed E-state index contributed by atoms with van der Waals surface area (Å²) in [5, 5.41) is 3.20. The van der Waals surface area contributed by atoms with Crippen molar-refractivity contribution in [2.75, 3.05) is 44.8 Å². The number of pyridine rings is 1. The summed E-state index contributed by atoms with van der Waals surface area (Å²) in [6, 6.07) is 17.8. The summed E-state index contributed by atoms with van der Waals surface area (Å²) in [6.45, 7) is 2.38. The molecular formula is C37H35BrF5N5O4. The van der Waals surface area contributed by atoms with E-state index in [9.17, 15) is 31.5 Å². The van der Waals surface area contributed by atoms with Gasteiger partial charge in [-0.15, -0.1) is 17.0 Å². The molecule has 2 aromatic heterocycles. The topological polar surface area (TPSA) is 88.9 Å². The number of carbonyl (C=O) groups excluding carboxylic acids is 2. The number of amides is 2. The van der Waals surface area contributed by atoms with Gasteiger partial charge in [0.05, 0.1) is 23.0 Å². The highest BCUT2D eigenvalue weighted by Gasteiger charge is 2.25. The first-order valence-electron chi connectivity index (χ1n) is 16.1. The molecule has 0 saturated carbocycles. The van der Waals surface area contributed by atoms with Crippen molar-refractivity contribution in [1.82, 2.24) is 19.4 Å². The molecule has 1 saturated heterocycles. The van der Waals surface area contributed by atoms with Crippen LogP contribution in [0.1, 0.15) is 32.0 Å². The highest BCUT2D eigenvalue weighted by molar-refractivity contribution is 8.93. The van der Waals surface area contributed by atoms with Gasteiger partial charge in [-0.2, -0.15) is 0 Å². The van der Waals surface area contributed by atoms with Crippen LogP contribution in [0, 0.1) is 24.4 Å². The Kier molecular flexibility index (Phi) is 12.2. The first kappa shape index (κ1) is 38.2. The first-order chi connectivity index (χ1) is 24.5. The van der Waals surface area contributed by atoms with Crippen molar-refractivity contribution in [3.05, 3.63) is 113 Å². The van der Waals surface area contributed by atoms with E-state index in [1.54, 1.807) is 35.9 Å². The summed E-state index contributed by atoms with van der Waals surface area (Å²) >= 11 is 0. The predicted octanol–water partition coefficient (Wildman–Crippen LogP) is 7.57. The van der Waals surface area contributed by atoms with E-state index >= 15 is 0 Å². The lowest BCUT2D eigenvalue weighted by Crippen LogP contribution is -2.48. The van der Waals surface area contributed by atoms with Crippen LogP contribution in [0.15, 0.2) is 72.9 Å². The lowest BCUT2D eigenvalue weighted by atomic mass is 10.1. The number of fused-ring (bicyclic) bond motifs is 1. The normalized spacial score (nSPS) is 13.3. The quantitative estimate of drug-likeness (QED) is 0.110. The maximum absolute atomic E-state index is 14.2. The van der Waals surface area contributed by atoms with Gasteiger partial charge in [-0.25, -0.2) is 26.9 Å². The zero-order valence-electron chi connectivity index (χ0n) is 28.2. The maximum atomic E-state index is 14.2. The molecule has 1 fully saturated rings. The minimum atomic E-state index is -1.45. The van der Waals surface area contributed by atoms with E-state index < -0.39 is 53.9 Å². The second-order valence-electron chi connectivity index (χ2n) is 12.2. The van der Waals surface area contributed by atoms with Gasteiger partial charge in [0.25, 0.3) is 11.8 Å². The molecule has 0 atom stereocenters. The fourth-order valence-corrected chi connectivity index (χ4v) is 5.76. The SMILES string of the molecule is Br.Cc1c(F)cc(C(=O)Nc2ccc(Oc3ccc4cc(C(=O)N5CCN(Cc6ccc(OC(CF)CF)cc6)CC5)n(C)c4c3)nc2)c(F)c1F. The molecule has 0 radical (unpaired) electrons. The van der Waals surface area contributed by atoms with Crippen molar-refractivity contribution in [3.63, 3.8) is 0 Å². The monoisotopic (exact) mass is 787 g/mol. The number of benzene rings is 3. The van der Waals surface area contributed by atoms with Crippen LogP contribution in [0.25, 0.3) is 10.9 Å². The third-order valence-corrected chi connectivity index (χ3v) is 8.72. The number of aryl methyl sites for hydroxylation is 1. The Morgan fingerprint density at radius 3 is 2.23 bits per heavy atom. The van der Waals surface area contributed by atoms with Crippen LogP contribution in [0.2, 0.25) is 0 Å². The molecule has 1 aliphatic heterocycles. The van der Waals surface area contributed by atoms with E-state index in [1.807, 2.05) is 29.2 Å².